The molecule has 2 aromatic rings. The van der Waals surface area contributed by atoms with Crippen molar-refractivity contribution in [3.63, 3.8) is 0 Å². The Morgan fingerprint density at radius 3 is 2.25 bits per heavy atom. The average Bonchev–Trinajstić information content (AvgIpc) is 2.67. The number of nitrogens with one attached hydrogen (secondary N) is 1. The second-order valence-corrected chi connectivity index (χ2v) is 6.88. The van der Waals surface area contributed by atoms with E-state index in [9.17, 15) is 14.9 Å². The zero-order valence-electron chi connectivity index (χ0n) is 16.6. The molecule has 0 radical (unpaired) electrons. The highest BCUT2D eigenvalue weighted by Crippen LogP contribution is 2.19. The van der Waals surface area contributed by atoms with Gasteiger partial charge in [-0.1, -0.05) is 56.3 Å². The normalized spacial score (nSPS) is 11.1. The van der Waals surface area contributed by atoms with Crippen LogP contribution in [0.15, 0.2) is 48.0 Å². The van der Waals surface area contributed by atoms with E-state index in [0.717, 1.165) is 16.7 Å². The lowest BCUT2D eigenvalue weighted by Crippen LogP contribution is -2.22. The van der Waals surface area contributed by atoms with Crippen LogP contribution in [0.1, 0.15) is 42.0 Å². The highest BCUT2D eigenvalue weighted by Gasteiger charge is 2.14. The Bertz CT molecular complexity index is 915. The molecule has 0 spiro atoms. The van der Waals surface area contributed by atoms with E-state index in [1.807, 2.05) is 62.4 Å². The molecule has 0 heterocycles. The summed E-state index contributed by atoms with van der Waals surface area (Å²) in [5, 5.41) is 12.0. The van der Waals surface area contributed by atoms with Crippen molar-refractivity contribution in [3.05, 3.63) is 70.3 Å². The van der Waals surface area contributed by atoms with Crippen LogP contribution in [-0.4, -0.2) is 18.5 Å². The second kappa shape index (κ2) is 9.52. The van der Waals surface area contributed by atoms with Gasteiger partial charge in [0.05, 0.1) is 0 Å². The van der Waals surface area contributed by atoms with Crippen LogP contribution in [0.3, 0.4) is 0 Å². The van der Waals surface area contributed by atoms with Gasteiger partial charge in [0.2, 0.25) is 0 Å². The summed E-state index contributed by atoms with van der Waals surface area (Å²) in [6.07, 6.45) is 1.45. The summed E-state index contributed by atoms with van der Waals surface area (Å²) in [4.78, 5) is 24.3. The van der Waals surface area contributed by atoms with Gasteiger partial charge in [0, 0.05) is 5.69 Å². The van der Waals surface area contributed by atoms with E-state index in [4.69, 9.17) is 4.74 Å². The van der Waals surface area contributed by atoms with E-state index in [0.29, 0.717) is 11.6 Å². The van der Waals surface area contributed by atoms with Crippen molar-refractivity contribution in [3.8, 4) is 6.07 Å². The Kier molecular flexibility index (Phi) is 7.11. The van der Waals surface area contributed by atoms with Crippen molar-refractivity contribution in [2.24, 2.45) is 0 Å². The van der Waals surface area contributed by atoms with Crippen LogP contribution >= 0.6 is 0 Å². The molecule has 0 aromatic heterocycles. The summed E-state index contributed by atoms with van der Waals surface area (Å²) < 4.78 is 5.00. The molecule has 1 amide bonds. The summed E-state index contributed by atoms with van der Waals surface area (Å²) in [6, 6.07) is 15.1. The number of para-hydroxylation sites is 1. The van der Waals surface area contributed by atoms with E-state index in [-0.39, 0.29) is 5.57 Å². The molecule has 0 unspecified atom stereocenters. The van der Waals surface area contributed by atoms with Crippen LogP contribution < -0.4 is 5.32 Å². The molecule has 1 N–H and O–H groups in total. The molecule has 0 atom stereocenters. The van der Waals surface area contributed by atoms with Gasteiger partial charge in [-0.05, 0) is 48.1 Å². The summed E-state index contributed by atoms with van der Waals surface area (Å²) in [7, 11) is 0. The third kappa shape index (κ3) is 5.55. The molecular formula is C23H24N2O3. The van der Waals surface area contributed by atoms with Gasteiger partial charge in [-0.25, -0.2) is 4.79 Å². The van der Waals surface area contributed by atoms with Crippen molar-refractivity contribution in [1.29, 1.82) is 5.26 Å². The van der Waals surface area contributed by atoms with Crippen LogP contribution in [0.5, 0.6) is 0 Å². The fraction of sp³-hybridized carbons (Fsp3) is 0.261. The SMILES string of the molecule is Cc1cccc(C)c1NC(=O)COC(=O)/C(C#N)=C/c1ccc(C(C)C)cc1. The standard InChI is InChI=1S/C23H24N2O3/c1-15(2)19-10-8-18(9-11-19)12-20(13-24)23(27)28-14-21(26)25-22-16(3)6-5-7-17(22)4/h5-12,15H,14H2,1-4H3,(H,25,26)/b20-12+. The molecule has 5 heteroatoms. The van der Waals surface area contributed by atoms with Gasteiger partial charge in [-0.2, -0.15) is 5.26 Å². The van der Waals surface area contributed by atoms with E-state index in [2.05, 4.69) is 19.2 Å². The number of carbonyl (C=O) groups is 2. The van der Waals surface area contributed by atoms with E-state index < -0.39 is 18.5 Å². The minimum atomic E-state index is -0.827. The van der Waals surface area contributed by atoms with Gasteiger partial charge in [0.1, 0.15) is 11.6 Å². The van der Waals surface area contributed by atoms with E-state index in [1.54, 1.807) is 0 Å². The molecule has 0 bridgehead atoms. The molecule has 144 valence electrons. The Hall–Kier alpha value is -3.39. The highest BCUT2D eigenvalue weighted by atomic mass is 16.5. The first kappa shape index (κ1) is 20.9. The number of amides is 1. The number of esters is 1. The zero-order chi connectivity index (χ0) is 20.7. The molecule has 2 aromatic carbocycles. The van der Waals surface area contributed by atoms with Crippen LogP contribution in [-0.2, 0) is 14.3 Å². The molecule has 2 rings (SSSR count). The molecular weight excluding hydrogens is 352 g/mol. The minimum absolute atomic E-state index is 0.155. The predicted octanol–water partition coefficient (Wildman–Crippen LogP) is 4.52. The van der Waals surface area contributed by atoms with Gasteiger partial charge < -0.3 is 10.1 Å². The van der Waals surface area contributed by atoms with Gasteiger partial charge >= 0.3 is 5.97 Å². The molecule has 5 nitrogen and oxygen atoms in total. The number of nitriles is 1. The lowest BCUT2D eigenvalue weighted by Gasteiger charge is -2.11. The third-order valence-electron chi connectivity index (χ3n) is 4.33. The first-order valence-electron chi connectivity index (χ1n) is 9.06. The lowest BCUT2D eigenvalue weighted by atomic mass is 10.0. The number of carbonyl (C=O) groups excluding carboxylic acids is 2. The van der Waals surface area contributed by atoms with Crippen molar-refractivity contribution in [1.82, 2.24) is 0 Å². The van der Waals surface area contributed by atoms with Crippen LogP contribution in [0, 0.1) is 25.2 Å². The predicted molar refractivity (Wildman–Crippen MR) is 110 cm³/mol. The Balaban J connectivity index is 2.00. The maximum atomic E-state index is 12.2. The average molecular weight is 376 g/mol. The van der Waals surface area contributed by atoms with Crippen molar-refractivity contribution in [2.75, 3.05) is 11.9 Å². The largest absolute Gasteiger partial charge is 0.451 e. The van der Waals surface area contributed by atoms with Crippen LogP contribution in [0.4, 0.5) is 5.69 Å². The smallest absolute Gasteiger partial charge is 0.349 e. The first-order valence-corrected chi connectivity index (χ1v) is 9.06. The van der Waals surface area contributed by atoms with E-state index in [1.165, 1.54) is 11.6 Å². The van der Waals surface area contributed by atoms with Crippen molar-refractivity contribution in [2.45, 2.75) is 33.6 Å². The number of benzene rings is 2. The summed E-state index contributed by atoms with van der Waals surface area (Å²) in [5.74, 6) is -0.884. The quantitative estimate of drug-likeness (QED) is 0.457. The topological polar surface area (TPSA) is 79.2 Å². The Morgan fingerprint density at radius 1 is 1.11 bits per heavy atom. The second-order valence-electron chi connectivity index (χ2n) is 6.88. The molecule has 0 saturated carbocycles. The Labute approximate surface area is 165 Å². The molecule has 0 saturated heterocycles. The number of rotatable bonds is 6. The molecule has 0 aliphatic rings. The fourth-order valence-corrected chi connectivity index (χ4v) is 2.68. The third-order valence-corrected chi connectivity index (χ3v) is 4.33. The fourth-order valence-electron chi connectivity index (χ4n) is 2.68. The summed E-state index contributed by atoms with van der Waals surface area (Å²) in [5.41, 5.74) is 4.27. The minimum Gasteiger partial charge on any atom is -0.451 e. The van der Waals surface area contributed by atoms with Gasteiger partial charge in [0.15, 0.2) is 6.61 Å². The Morgan fingerprint density at radius 2 is 1.71 bits per heavy atom. The maximum absolute atomic E-state index is 12.2. The summed E-state index contributed by atoms with van der Waals surface area (Å²) >= 11 is 0. The van der Waals surface area contributed by atoms with Crippen molar-refractivity contribution >= 4 is 23.6 Å². The number of hydrogen-bond acceptors (Lipinski definition) is 4. The number of anilines is 1. The molecule has 0 aliphatic carbocycles. The maximum Gasteiger partial charge on any atom is 0.349 e. The van der Waals surface area contributed by atoms with E-state index >= 15 is 0 Å². The van der Waals surface area contributed by atoms with Gasteiger partial charge in [-0.3, -0.25) is 4.79 Å². The summed E-state index contributed by atoms with van der Waals surface area (Å²) in [6.45, 7) is 7.49. The van der Waals surface area contributed by atoms with Crippen LogP contribution in [0.2, 0.25) is 0 Å². The van der Waals surface area contributed by atoms with Crippen molar-refractivity contribution < 1.29 is 14.3 Å². The number of nitrogens with zero attached hydrogens (tertiary/aromatic N) is 1. The molecule has 28 heavy (non-hydrogen) atoms. The molecule has 0 aliphatic heterocycles. The monoisotopic (exact) mass is 376 g/mol. The first-order chi connectivity index (χ1) is 13.3. The number of aryl methyl sites for hydroxylation is 2. The lowest BCUT2D eigenvalue weighted by molar-refractivity contribution is -0.142. The highest BCUT2D eigenvalue weighted by molar-refractivity contribution is 6.00. The van der Waals surface area contributed by atoms with Gasteiger partial charge in [0.25, 0.3) is 5.91 Å². The van der Waals surface area contributed by atoms with Crippen LogP contribution in [0.25, 0.3) is 6.08 Å². The molecule has 0 fully saturated rings. The number of ether oxygens (including phenoxy) is 1. The van der Waals surface area contributed by atoms with Gasteiger partial charge in [-0.15, -0.1) is 0 Å². The zero-order valence-corrected chi connectivity index (χ0v) is 16.6. The number of hydrogen-bond donors (Lipinski definition) is 1.